The van der Waals surface area contributed by atoms with E-state index in [9.17, 15) is 9.59 Å². The van der Waals surface area contributed by atoms with Crippen LogP contribution in [0.25, 0.3) is 0 Å². The lowest BCUT2D eigenvalue weighted by Crippen LogP contribution is -2.42. The van der Waals surface area contributed by atoms with Crippen LogP contribution in [0.2, 0.25) is 5.02 Å². The highest BCUT2D eigenvalue weighted by Gasteiger charge is 2.39. The summed E-state index contributed by atoms with van der Waals surface area (Å²) in [4.78, 5) is 23.7. The van der Waals surface area contributed by atoms with Crippen molar-refractivity contribution < 1.29 is 28.5 Å². The fourth-order valence-corrected chi connectivity index (χ4v) is 2.31. The molecule has 0 aliphatic carbocycles. The van der Waals surface area contributed by atoms with E-state index in [1.54, 1.807) is 12.1 Å². The average molecular weight is 340 g/mol. The molecule has 1 N–H and O–H groups in total. The second kappa shape index (κ2) is 5.66. The van der Waals surface area contributed by atoms with Crippen LogP contribution in [0, 0.1) is 0 Å². The van der Waals surface area contributed by atoms with Gasteiger partial charge in [-0.15, -0.1) is 0 Å². The van der Waals surface area contributed by atoms with Crippen LogP contribution in [0.15, 0.2) is 23.9 Å². The number of anilines is 1. The predicted octanol–water partition coefficient (Wildman–Crippen LogP) is 2.24. The maximum atomic E-state index is 11.9. The van der Waals surface area contributed by atoms with Gasteiger partial charge in [-0.1, -0.05) is 11.6 Å². The Morgan fingerprint density at radius 1 is 1.09 bits per heavy atom. The first kappa shape index (κ1) is 15.5. The molecule has 2 aliphatic heterocycles. The monoisotopic (exact) mass is 339 g/mol. The number of fused-ring (bicyclic) bond motifs is 1. The van der Waals surface area contributed by atoms with E-state index in [1.165, 1.54) is 20.0 Å². The molecule has 23 heavy (non-hydrogen) atoms. The van der Waals surface area contributed by atoms with Gasteiger partial charge in [-0.25, -0.2) is 9.59 Å². The number of hydrogen-bond donors (Lipinski definition) is 1. The first-order chi connectivity index (χ1) is 10.9. The molecular formula is C15H14ClNO6. The summed E-state index contributed by atoms with van der Waals surface area (Å²) < 4.78 is 20.9. The molecule has 0 atom stereocenters. The quantitative estimate of drug-likeness (QED) is 0.502. The summed E-state index contributed by atoms with van der Waals surface area (Å²) in [6, 6.07) is 3.22. The molecule has 0 amide bonds. The number of ether oxygens (including phenoxy) is 4. The van der Waals surface area contributed by atoms with Crippen molar-refractivity contribution in [1.82, 2.24) is 0 Å². The van der Waals surface area contributed by atoms with Crippen molar-refractivity contribution in [2.45, 2.75) is 19.6 Å². The van der Waals surface area contributed by atoms with Crippen LogP contribution in [0.5, 0.6) is 11.5 Å². The van der Waals surface area contributed by atoms with Crippen LogP contribution in [0.3, 0.4) is 0 Å². The minimum atomic E-state index is -1.28. The number of esters is 2. The first-order valence-corrected chi connectivity index (χ1v) is 7.26. The van der Waals surface area contributed by atoms with E-state index >= 15 is 0 Å². The van der Waals surface area contributed by atoms with Gasteiger partial charge in [0.2, 0.25) is 0 Å². The molecule has 2 aliphatic rings. The molecule has 3 rings (SSSR count). The van der Waals surface area contributed by atoms with Gasteiger partial charge in [0.1, 0.15) is 13.2 Å². The maximum Gasteiger partial charge on any atom is 0.350 e. The Kier molecular flexibility index (Phi) is 3.81. The summed E-state index contributed by atoms with van der Waals surface area (Å²) in [6.45, 7) is 3.84. The molecule has 0 bridgehead atoms. The Bertz CT molecular complexity index is 690. The molecular weight excluding hydrogens is 326 g/mol. The zero-order valence-electron chi connectivity index (χ0n) is 12.5. The SMILES string of the molecule is CC1(C)OC(=O)C(=CNc2cc3c(cc2Cl)OCCO3)C(=O)O1. The third-order valence-electron chi connectivity index (χ3n) is 3.12. The standard InChI is InChI=1S/C15H14ClNO6/c1-15(2)22-13(18)8(14(19)23-15)7-17-10-6-12-11(5-9(10)16)20-3-4-21-12/h5-7,17H,3-4H2,1-2H3. The van der Waals surface area contributed by atoms with Crippen LogP contribution >= 0.6 is 11.6 Å². The van der Waals surface area contributed by atoms with Crippen molar-refractivity contribution in [2.24, 2.45) is 0 Å². The molecule has 0 aromatic heterocycles. The number of carbonyl (C=O) groups excluding carboxylic acids is 2. The summed E-state index contributed by atoms with van der Waals surface area (Å²) in [7, 11) is 0. The van der Waals surface area contributed by atoms with E-state index in [2.05, 4.69) is 5.32 Å². The van der Waals surface area contributed by atoms with Gasteiger partial charge in [-0.05, 0) is 0 Å². The van der Waals surface area contributed by atoms with Crippen molar-refractivity contribution in [1.29, 1.82) is 0 Å². The number of hydrogen-bond acceptors (Lipinski definition) is 7. The van der Waals surface area contributed by atoms with E-state index in [0.717, 1.165) is 0 Å². The predicted molar refractivity (Wildman–Crippen MR) is 80.4 cm³/mol. The average Bonchev–Trinajstić information content (AvgIpc) is 2.45. The molecule has 2 heterocycles. The molecule has 0 spiro atoms. The van der Waals surface area contributed by atoms with Gasteiger partial charge in [0.05, 0.1) is 10.7 Å². The normalized spacial score (nSPS) is 18.8. The number of nitrogens with one attached hydrogen (secondary N) is 1. The number of carbonyl (C=O) groups is 2. The van der Waals surface area contributed by atoms with Crippen molar-refractivity contribution in [3.05, 3.63) is 28.9 Å². The molecule has 7 nitrogen and oxygen atoms in total. The summed E-state index contributed by atoms with van der Waals surface area (Å²) in [6.07, 6.45) is 1.19. The molecule has 8 heteroatoms. The van der Waals surface area contributed by atoms with Crippen LogP contribution in [-0.4, -0.2) is 30.9 Å². The number of rotatable bonds is 2. The number of halogens is 1. The summed E-state index contributed by atoms with van der Waals surface area (Å²) in [5.74, 6) is -1.76. The van der Waals surface area contributed by atoms with Crippen molar-refractivity contribution in [2.75, 3.05) is 18.5 Å². The lowest BCUT2D eigenvalue weighted by Gasteiger charge is -2.29. The Labute approximate surface area is 137 Å². The molecule has 0 saturated carbocycles. The van der Waals surface area contributed by atoms with Crippen molar-refractivity contribution in [3.63, 3.8) is 0 Å². The van der Waals surface area contributed by atoms with Crippen LogP contribution in [-0.2, 0) is 19.1 Å². The van der Waals surface area contributed by atoms with Crippen LogP contribution in [0.1, 0.15) is 13.8 Å². The minimum absolute atomic E-state index is 0.254. The molecule has 1 aromatic rings. The molecule has 122 valence electrons. The maximum absolute atomic E-state index is 11.9. The van der Waals surface area contributed by atoms with Crippen molar-refractivity contribution in [3.8, 4) is 11.5 Å². The van der Waals surface area contributed by atoms with E-state index in [4.69, 9.17) is 30.5 Å². The third-order valence-corrected chi connectivity index (χ3v) is 3.43. The van der Waals surface area contributed by atoms with E-state index in [1.807, 2.05) is 0 Å². The Hall–Kier alpha value is -2.41. The lowest BCUT2D eigenvalue weighted by atomic mass is 10.2. The van der Waals surface area contributed by atoms with Gasteiger partial charge >= 0.3 is 11.9 Å². The summed E-state index contributed by atoms with van der Waals surface area (Å²) >= 11 is 6.14. The Balaban J connectivity index is 1.82. The van der Waals surface area contributed by atoms with Gasteiger partial charge < -0.3 is 24.3 Å². The van der Waals surface area contributed by atoms with Gasteiger partial charge in [0.25, 0.3) is 5.79 Å². The molecule has 0 unspecified atom stereocenters. The summed E-state index contributed by atoms with van der Waals surface area (Å²) in [5, 5.41) is 3.14. The molecule has 1 fully saturated rings. The Morgan fingerprint density at radius 3 is 2.26 bits per heavy atom. The lowest BCUT2D eigenvalue weighted by molar-refractivity contribution is -0.222. The summed E-state index contributed by atoms with van der Waals surface area (Å²) in [5.41, 5.74) is 0.198. The number of benzene rings is 1. The van der Waals surface area contributed by atoms with Crippen molar-refractivity contribution >= 4 is 29.2 Å². The van der Waals surface area contributed by atoms with Gasteiger partial charge in [0.15, 0.2) is 17.1 Å². The van der Waals surface area contributed by atoms with Crippen LogP contribution < -0.4 is 14.8 Å². The number of cyclic esters (lactones) is 2. The highest BCUT2D eigenvalue weighted by Crippen LogP contribution is 2.38. The largest absolute Gasteiger partial charge is 0.486 e. The fourth-order valence-electron chi connectivity index (χ4n) is 2.10. The first-order valence-electron chi connectivity index (χ1n) is 6.88. The van der Waals surface area contributed by atoms with E-state index in [0.29, 0.717) is 35.4 Å². The Morgan fingerprint density at radius 2 is 1.65 bits per heavy atom. The van der Waals surface area contributed by atoms with Crippen LogP contribution in [0.4, 0.5) is 5.69 Å². The second-order valence-electron chi connectivity index (χ2n) is 5.36. The fraction of sp³-hybridized carbons (Fsp3) is 0.333. The smallest absolute Gasteiger partial charge is 0.350 e. The van der Waals surface area contributed by atoms with E-state index in [-0.39, 0.29) is 5.57 Å². The molecule has 0 radical (unpaired) electrons. The highest BCUT2D eigenvalue weighted by molar-refractivity contribution is 6.33. The van der Waals surface area contributed by atoms with Gasteiger partial charge in [0, 0.05) is 32.2 Å². The zero-order chi connectivity index (χ0) is 16.6. The third kappa shape index (κ3) is 3.19. The van der Waals surface area contributed by atoms with Gasteiger partial charge in [-0.2, -0.15) is 0 Å². The topological polar surface area (TPSA) is 83.1 Å². The zero-order valence-corrected chi connectivity index (χ0v) is 13.2. The highest BCUT2D eigenvalue weighted by atomic mass is 35.5. The second-order valence-corrected chi connectivity index (χ2v) is 5.76. The molecule has 1 aromatic carbocycles. The molecule has 1 saturated heterocycles. The van der Waals surface area contributed by atoms with E-state index < -0.39 is 17.7 Å². The minimum Gasteiger partial charge on any atom is -0.486 e. The van der Waals surface area contributed by atoms with Gasteiger partial charge in [-0.3, -0.25) is 0 Å².